The van der Waals surface area contributed by atoms with Gasteiger partial charge in [-0.05, 0) is 49.1 Å². The molecule has 1 unspecified atom stereocenters. The summed E-state index contributed by atoms with van der Waals surface area (Å²) < 4.78 is 0. The fourth-order valence-electron chi connectivity index (χ4n) is 3.30. The molecule has 0 radical (unpaired) electrons. The van der Waals surface area contributed by atoms with Crippen LogP contribution >= 0.6 is 11.6 Å². The molecule has 2 amide bonds. The van der Waals surface area contributed by atoms with Gasteiger partial charge < -0.3 is 15.5 Å². The number of carbonyl (C=O) groups excluding carboxylic acids is 1. The van der Waals surface area contributed by atoms with Gasteiger partial charge in [0.25, 0.3) is 0 Å². The summed E-state index contributed by atoms with van der Waals surface area (Å²) >= 11 is 5.94. The van der Waals surface area contributed by atoms with Crippen LogP contribution in [0.1, 0.15) is 37.8 Å². The van der Waals surface area contributed by atoms with Crippen molar-refractivity contribution in [1.29, 1.82) is 0 Å². The number of halogens is 1. The van der Waals surface area contributed by atoms with E-state index in [4.69, 9.17) is 11.6 Å². The lowest BCUT2D eigenvalue weighted by atomic mass is 10.0. The Kier molecular flexibility index (Phi) is 6.34. The maximum absolute atomic E-state index is 12.4. The summed E-state index contributed by atoms with van der Waals surface area (Å²) in [5.41, 5.74) is 1.07. The Morgan fingerprint density at radius 2 is 1.96 bits per heavy atom. The Balaban J connectivity index is 1.48. The zero-order valence-electron chi connectivity index (χ0n) is 15.0. The third kappa shape index (κ3) is 4.88. The van der Waals surface area contributed by atoms with E-state index in [1.807, 2.05) is 48.7 Å². The molecule has 1 atom stereocenters. The molecular weight excluding hydrogens is 348 g/mol. The number of piperidine rings is 1. The van der Waals surface area contributed by atoms with Crippen molar-refractivity contribution in [2.24, 2.45) is 0 Å². The number of amides is 2. The summed E-state index contributed by atoms with van der Waals surface area (Å²) in [6.07, 6.45) is 4.48. The van der Waals surface area contributed by atoms with Crippen LogP contribution in [-0.2, 0) is 0 Å². The van der Waals surface area contributed by atoms with E-state index in [9.17, 15) is 4.79 Å². The molecule has 1 saturated heterocycles. The van der Waals surface area contributed by atoms with Crippen LogP contribution in [0.25, 0.3) is 0 Å². The topological polar surface area (TPSA) is 57.3 Å². The zero-order valence-corrected chi connectivity index (χ0v) is 15.7. The van der Waals surface area contributed by atoms with Crippen LogP contribution in [0.4, 0.5) is 10.6 Å². The van der Waals surface area contributed by atoms with Crippen molar-refractivity contribution in [3.63, 3.8) is 0 Å². The van der Waals surface area contributed by atoms with E-state index in [0.717, 1.165) is 43.7 Å². The first-order valence-electron chi connectivity index (χ1n) is 9.14. The highest BCUT2D eigenvalue weighted by Crippen LogP contribution is 2.20. The molecule has 1 aliphatic heterocycles. The van der Waals surface area contributed by atoms with E-state index in [1.54, 1.807) is 0 Å². The Morgan fingerprint density at radius 3 is 2.58 bits per heavy atom. The summed E-state index contributed by atoms with van der Waals surface area (Å²) in [6, 6.07) is 13.7. The molecule has 5 nitrogen and oxygen atoms in total. The largest absolute Gasteiger partial charge is 0.356 e. The molecule has 6 heteroatoms. The lowest BCUT2D eigenvalue weighted by Crippen LogP contribution is -2.48. The molecule has 1 aromatic carbocycles. The SMILES string of the molecule is CCC(NC(=O)NC1CCN(c2ccccn2)CC1)c1ccc(Cl)cc1. The van der Waals surface area contributed by atoms with E-state index < -0.39 is 0 Å². The zero-order chi connectivity index (χ0) is 18.4. The molecule has 0 saturated carbocycles. The van der Waals surface area contributed by atoms with Crippen molar-refractivity contribution in [3.05, 3.63) is 59.2 Å². The van der Waals surface area contributed by atoms with Gasteiger partial charge in [-0.15, -0.1) is 0 Å². The van der Waals surface area contributed by atoms with E-state index in [1.165, 1.54) is 0 Å². The number of nitrogens with one attached hydrogen (secondary N) is 2. The van der Waals surface area contributed by atoms with Crippen molar-refractivity contribution >= 4 is 23.4 Å². The smallest absolute Gasteiger partial charge is 0.315 e. The monoisotopic (exact) mass is 372 g/mol. The van der Waals surface area contributed by atoms with Crippen LogP contribution in [0.15, 0.2) is 48.7 Å². The molecule has 2 heterocycles. The van der Waals surface area contributed by atoms with E-state index >= 15 is 0 Å². The van der Waals surface area contributed by atoms with E-state index in [0.29, 0.717) is 5.02 Å². The van der Waals surface area contributed by atoms with Crippen molar-refractivity contribution < 1.29 is 4.79 Å². The number of benzene rings is 1. The fraction of sp³-hybridized carbons (Fsp3) is 0.400. The molecule has 138 valence electrons. The normalized spacial score (nSPS) is 16.2. The van der Waals surface area contributed by atoms with E-state index in [2.05, 4.69) is 27.4 Å². The number of rotatable bonds is 5. The number of aromatic nitrogens is 1. The maximum atomic E-state index is 12.4. The standard InChI is InChI=1S/C20H25ClN4O/c1-2-18(15-6-8-16(21)9-7-15)24-20(26)23-17-10-13-25(14-11-17)19-5-3-4-12-22-19/h3-9,12,17-18H,2,10-11,13-14H2,1H3,(H2,23,24,26). The van der Waals surface area contributed by atoms with Crippen molar-refractivity contribution in [2.45, 2.75) is 38.3 Å². The minimum absolute atomic E-state index is 0.0131. The molecule has 2 aromatic rings. The minimum atomic E-state index is -0.108. The molecule has 0 bridgehead atoms. The van der Waals surface area contributed by atoms with Gasteiger partial charge in [0.05, 0.1) is 6.04 Å². The summed E-state index contributed by atoms with van der Waals surface area (Å²) in [5.74, 6) is 1.00. The van der Waals surface area contributed by atoms with Crippen LogP contribution in [0.5, 0.6) is 0 Å². The first-order chi connectivity index (χ1) is 12.7. The molecule has 26 heavy (non-hydrogen) atoms. The van der Waals surface area contributed by atoms with Gasteiger partial charge in [-0.1, -0.05) is 36.7 Å². The first-order valence-corrected chi connectivity index (χ1v) is 9.52. The number of carbonyl (C=O) groups is 1. The molecule has 1 fully saturated rings. The Bertz CT molecular complexity index is 700. The summed E-state index contributed by atoms with van der Waals surface area (Å²) in [4.78, 5) is 19.1. The van der Waals surface area contributed by atoms with Crippen LogP contribution < -0.4 is 15.5 Å². The molecule has 2 N–H and O–H groups in total. The summed E-state index contributed by atoms with van der Waals surface area (Å²) in [6.45, 7) is 3.86. The lowest BCUT2D eigenvalue weighted by Gasteiger charge is -2.33. The Hall–Kier alpha value is -2.27. The average Bonchev–Trinajstić information content (AvgIpc) is 2.68. The van der Waals surface area contributed by atoms with Gasteiger partial charge in [-0.2, -0.15) is 0 Å². The maximum Gasteiger partial charge on any atom is 0.315 e. The van der Waals surface area contributed by atoms with Crippen LogP contribution in [0.2, 0.25) is 5.02 Å². The third-order valence-electron chi connectivity index (χ3n) is 4.79. The van der Waals surface area contributed by atoms with Crippen molar-refractivity contribution in [3.8, 4) is 0 Å². The second-order valence-electron chi connectivity index (χ2n) is 6.58. The van der Waals surface area contributed by atoms with Gasteiger partial charge in [0.1, 0.15) is 5.82 Å². The fourth-order valence-corrected chi connectivity index (χ4v) is 3.42. The van der Waals surface area contributed by atoms with Gasteiger partial charge in [0.2, 0.25) is 0 Å². The third-order valence-corrected chi connectivity index (χ3v) is 5.04. The number of urea groups is 1. The molecular formula is C20H25ClN4O. The Labute approximate surface area is 159 Å². The molecule has 0 aliphatic carbocycles. The Morgan fingerprint density at radius 1 is 1.23 bits per heavy atom. The molecule has 1 aromatic heterocycles. The van der Waals surface area contributed by atoms with Gasteiger partial charge in [0.15, 0.2) is 0 Å². The van der Waals surface area contributed by atoms with Gasteiger partial charge >= 0.3 is 6.03 Å². The lowest BCUT2D eigenvalue weighted by molar-refractivity contribution is 0.230. The van der Waals surface area contributed by atoms with Crippen LogP contribution in [-0.4, -0.2) is 30.1 Å². The highest BCUT2D eigenvalue weighted by Gasteiger charge is 2.22. The number of nitrogens with zero attached hydrogens (tertiary/aromatic N) is 2. The van der Waals surface area contributed by atoms with Crippen LogP contribution in [0, 0.1) is 0 Å². The van der Waals surface area contributed by atoms with Gasteiger partial charge in [-0.3, -0.25) is 0 Å². The van der Waals surface area contributed by atoms with E-state index in [-0.39, 0.29) is 18.1 Å². The minimum Gasteiger partial charge on any atom is -0.356 e. The van der Waals surface area contributed by atoms with Gasteiger partial charge in [0, 0.05) is 30.4 Å². The summed E-state index contributed by atoms with van der Waals surface area (Å²) in [7, 11) is 0. The van der Waals surface area contributed by atoms with Crippen molar-refractivity contribution in [1.82, 2.24) is 15.6 Å². The highest BCUT2D eigenvalue weighted by molar-refractivity contribution is 6.30. The first kappa shape index (κ1) is 18.5. The molecule has 1 aliphatic rings. The number of hydrogen-bond acceptors (Lipinski definition) is 3. The highest BCUT2D eigenvalue weighted by atomic mass is 35.5. The number of hydrogen-bond donors (Lipinski definition) is 2. The second kappa shape index (κ2) is 8.90. The average molecular weight is 373 g/mol. The second-order valence-corrected chi connectivity index (χ2v) is 7.02. The molecule has 3 rings (SSSR count). The number of pyridine rings is 1. The predicted molar refractivity (Wildman–Crippen MR) is 106 cm³/mol. The predicted octanol–water partition coefficient (Wildman–Crippen LogP) is 4.15. The quantitative estimate of drug-likeness (QED) is 0.828. The van der Waals surface area contributed by atoms with Crippen LogP contribution in [0.3, 0.4) is 0 Å². The molecule has 0 spiro atoms. The number of anilines is 1. The summed E-state index contributed by atoms with van der Waals surface area (Å²) in [5, 5.41) is 6.89. The van der Waals surface area contributed by atoms with Gasteiger partial charge in [-0.25, -0.2) is 9.78 Å². The van der Waals surface area contributed by atoms with Crippen molar-refractivity contribution in [2.75, 3.05) is 18.0 Å².